The van der Waals surface area contributed by atoms with Gasteiger partial charge in [-0.05, 0) is 23.6 Å². The summed E-state index contributed by atoms with van der Waals surface area (Å²) in [7, 11) is 1.39. The molecule has 3 nitrogen and oxygen atoms in total. The molecule has 0 amide bonds. The van der Waals surface area contributed by atoms with E-state index in [1.54, 1.807) is 12.1 Å². The molecule has 1 rings (SSSR count). The monoisotopic (exact) mass is 275 g/mol. The van der Waals surface area contributed by atoms with Crippen molar-refractivity contribution in [1.82, 2.24) is 5.32 Å². The first-order valence-corrected chi connectivity index (χ1v) is 7.06. The zero-order valence-electron chi connectivity index (χ0n) is 13.1. The molecule has 0 heterocycles. The minimum absolute atomic E-state index is 0.300. The van der Waals surface area contributed by atoms with Gasteiger partial charge in [-0.15, -0.1) is 0 Å². The highest BCUT2D eigenvalue weighted by molar-refractivity contribution is 5.89. The van der Waals surface area contributed by atoms with Crippen LogP contribution in [0.1, 0.15) is 43.6 Å². The predicted octanol–water partition coefficient (Wildman–Crippen LogP) is 3.51. The number of benzene rings is 1. The van der Waals surface area contributed by atoms with Crippen LogP contribution in [0.15, 0.2) is 29.8 Å². The molecular weight excluding hydrogens is 250 g/mol. The van der Waals surface area contributed by atoms with Gasteiger partial charge < -0.3 is 10.1 Å². The molecule has 3 heteroatoms. The van der Waals surface area contributed by atoms with Crippen molar-refractivity contribution in [1.29, 1.82) is 0 Å². The van der Waals surface area contributed by atoms with E-state index in [2.05, 4.69) is 39.1 Å². The number of carbonyl (C=O) groups excluding carboxylic acids is 1. The molecule has 1 aromatic rings. The fourth-order valence-corrected chi connectivity index (χ4v) is 1.79. The third kappa shape index (κ3) is 5.17. The van der Waals surface area contributed by atoms with Crippen molar-refractivity contribution in [2.45, 2.75) is 33.7 Å². The van der Waals surface area contributed by atoms with Crippen molar-refractivity contribution in [2.75, 3.05) is 13.7 Å². The van der Waals surface area contributed by atoms with Gasteiger partial charge in [0.15, 0.2) is 0 Å². The smallest absolute Gasteiger partial charge is 0.337 e. The van der Waals surface area contributed by atoms with Crippen LogP contribution in [0.25, 0.3) is 6.08 Å². The first kappa shape index (κ1) is 16.4. The summed E-state index contributed by atoms with van der Waals surface area (Å²) in [6.45, 7) is 9.55. The van der Waals surface area contributed by atoms with E-state index in [0.29, 0.717) is 17.5 Å². The van der Waals surface area contributed by atoms with Crippen LogP contribution in [-0.4, -0.2) is 25.7 Å². The summed E-state index contributed by atoms with van der Waals surface area (Å²) in [6.07, 6.45) is 2.18. The average molecular weight is 275 g/mol. The van der Waals surface area contributed by atoms with Crippen LogP contribution in [0.4, 0.5) is 0 Å². The normalized spacial score (nSPS) is 12.1. The number of ether oxygens (including phenoxy) is 1. The zero-order valence-corrected chi connectivity index (χ0v) is 13.1. The molecule has 0 unspecified atom stereocenters. The minimum atomic E-state index is -0.300. The molecule has 20 heavy (non-hydrogen) atoms. The van der Waals surface area contributed by atoms with Crippen LogP contribution in [0.5, 0.6) is 0 Å². The first-order chi connectivity index (χ1) is 9.43. The molecule has 1 aromatic carbocycles. The lowest BCUT2D eigenvalue weighted by atomic mass is 9.99. The summed E-state index contributed by atoms with van der Waals surface area (Å²) in [6, 6.07) is 7.96. The second kappa shape index (κ2) is 7.85. The van der Waals surface area contributed by atoms with Crippen LogP contribution >= 0.6 is 0 Å². The maximum Gasteiger partial charge on any atom is 0.337 e. The minimum Gasteiger partial charge on any atom is -0.465 e. The lowest BCUT2D eigenvalue weighted by Crippen LogP contribution is -2.26. The molecule has 0 aliphatic heterocycles. The van der Waals surface area contributed by atoms with Gasteiger partial charge in [-0.25, -0.2) is 4.79 Å². The fraction of sp³-hybridized carbons (Fsp3) is 0.471. The highest BCUT2D eigenvalue weighted by Crippen LogP contribution is 2.15. The van der Waals surface area contributed by atoms with E-state index in [0.717, 1.165) is 12.1 Å². The molecule has 110 valence electrons. The lowest BCUT2D eigenvalue weighted by molar-refractivity contribution is 0.0600. The fourth-order valence-electron chi connectivity index (χ4n) is 1.79. The number of hydrogen-bond acceptors (Lipinski definition) is 3. The van der Waals surface area contributed by atoms with Gasteiger partial charge in [-0.2, -0.15) is 0 Å². The van der Waals surface area contributed by atoms with Gasteiger partial charge in [0.1, 0.15) is 0 Å². The molecule has 1 N–H and O–H groups in total. The molecular formula is C17H25NO2. The molecule has 0 aromatic heterocycles. The van der Waals surface area contributed by atoms with E-state index in [1.807, 2.05) is 12.1 Å². The van der Waals surface area contributed by atoms with E-state index in [1.165, 1.54) is 12.7 Å². The Bertz CT molecular complexity index is 458. The third-order valence-corrected chi connectivity index (χ3v) is 3.14. The third-order valence-electron chi connectivity index (χ3n) is 3.14. The molecule has 0 saturated heterocycles. The summed E-state index contributed by atoms with van der Waals surface area (Å²) < 4.78 is 4.70. The largest absolute Gasteiger partial charge is 0.465 e. The van der Waals surface area contributed by atoms with Crippen LogP contribution < -0.4 is 5.32 Å². The van der Waals surface area contributed by atoms with Gasteiger partial charge in [0.05, 0.1) is 12.7 Å². The van der Waals surface area contributed by atoms with Crippen LogP contribution in [0.3, 0.4) is 0 Å². The molecule has 0 bridgehead atoms. The van der Waals surface area contributed by atoms with Crippen LogP contribution in [0, 0.1) is 5.92 Å². The van der Waals surface area contributed by atoms with E-state index >= 15 is 0 Å². The molecule has 0 saturated carbocycles. The highest BCUT2D eigenvalue weighted by Gasteiger charge is 2.06. The number of hydrogen-bond donors (Lipinski definition) is 1. The van der Waals surface area contributed by atoms with Crippen LogP contribution in [-0.2, 0) is 4.74 Å². The van der Waals surface area contributed by atoms with E-state index in [4.69, 9.17) is 4.74 Å². The number of carbonyl (C=O) groups is 1. The Morgan fingerprint density at radius 2 is 1.80 bits per heavy atom. The zero-order chi connectivity index (χ0) is 15.1. The summed E-state index contributed by atoms with van der Waals surface area (Å²) >= 11 is 0. The summed E-state index contributed by atoms with van der Waals surface area (Å²) in [5.74, 6) is 0.188. The standard InChI is InChI=1S/C17H25NO2/c1-12(2)16(11-18-13(3)4)10-14-6-8-15(9-7-14)17(19)20-5/h6-10,12-13,18H,11H2,1-5H3. The van der Waals surface area contributed by atoms with Crippen molar-refractivity contribution in [2.24, 2.45) is 5.92 Å². The second-order valence-electron chi connectivity index (χ2n) is 5.52. The Morgan fingerprint density at radius 1 is 1.20 bits per heavy atom. The highest BCUT2D eigenvalue weighted by atomic mass is 16.5. The summed E-state index contributed by atoms with van der Waals surface area (Å²) in [5.41, 5.74) is 3.03. The predicted molar refractivity (Wildman–Crippen MR) is 83.7 cm³/mol. The lowest BCUT2D eigenvalue weighted by Gasteiger charge is -2.15. The van der Waals surface area contributed by atoms with Gasteiger partial charge in [0.2, 0.25) is 0 Å². The Labute approximate surface area is 122 Å². The SMILES string of the molecule is COC(=O)c1ccc(C=C(CNC(C)C)C(C)C)cc1. The Kier molecular flexibility index (Phi) is 6.46. The van der Waals surface area contributed by atoms with Crippen molar-refractivity contribution < 1.29 is 9.53 Å². The van der Waals surface area contributed by atoms with E-state index < -0.39 is 0 Å². The molecule has 0 fully saturated rings. The molecule has 0 aliphatic rings. The Hall–Kier alpha value is -1.61. The quantitative estimate of drug-likeness (QED) is 0.807. The number of esters is 1. The number of nitrogens with one attached hydrogen (secondary N) is 1. The second-order valence-corrected chi connectivity index (χ2v) is 5.52. The summed E-state index contributed by atoms with van der Waals surface area (Å²) in [4.78, 5) is 11.4. The van der Waals surface area contributed by atoms with Crippen LogP contribution in [0.2, 0.25) is 0 Å². The van der Waals surface area contributed by atoms with Gasteiger partial charge >= 0.3 is 5.97 Å². The van der Waals surface area contributed by atoms with E-state index in [-0.39, 0.29) is 5.97 Å². The van der Waals surface area contributed by atoms with Gasteiger partial charge in [-0.1, -0.05) is 51.5 Å². The van der Waals surface area contributed by atoms with Crippen molar-refractivity contribution in [3.8, 4) is 0 Å². The molecule has 0 atom stereocenters. The number of rotatable bonds is 6. The van der Waals surface area contributed by atoms with Gasteiger partial charge in [0, 0.05) is 12.6 Å². The van der Waals surface area contributed by atoms with Crippen molar-refractivity contribution in [3.63, 3.8) is 0 Å². The first-order valence-electron chi connectivity index (χ1n) is 7.06. The topological polar surface area (TPSA) is 38.3 Å². The molecule has 0 radical (unpaired) electrons. The summed E-state index contributed by atoms with van der Waals surface area (Å²) in [5, 5.41) is 3.44. The molecule has 0 aliphatic carbocycles. The van der Waals surface area contributed by atoms with Crippen molar-refractivity contribution in [3.05, 3.63) is 41.0 Å². The Balaban J connectivity index is 2.85. The van der Waals surface area contributed by atoms with Crippen molar-refractivity contribution >= 4 is 12.0 Å². The van der Waals surface area contributed by atoms with E-state index in [9.17, 15) is 4.79 Å². The maximum absolute atomic E-state index is 11.4. The van der Waals surface area contributed by atoms with Gasteiger partial charge in [0.25, 0.3) is 0 Å². The Morgan fingerprint density at radius 3 is 2.25 bits per heavy atom. The number of methoxy groups -OCH3 is 1. The van der Waals surface area contributed by atoms with Gasteiger partial charge in [-0.3, -0.25) is 0 Å². The average Bonchev–Trinajstić information content (AvgIpc) is 2.42. The maximum atomic E-state index is 11.4. The molecule has 0 spiro atoms.